The fourth-order valence-electron chi connectivity index (χ4n) is 3.21. The maximum Gasteiger partial charge on any atom is 0.197 e. The molecule has 0 radical (unpaired) electrons. The van der Waals surface area contributed by atoms with E-state index in [1.807, 2.05) is 24.5 Å². The van der Waals surface area contributed by atoms with Crippen molar-refractivity contribution in [3.63, 3.8) is 0 Å². The van der Waals surface area contributed by atoms with Crippen LogP contribution in [-0.4, -0.2) is 34.2 Å². The molecular weight excluding hydrogens is 352 g/mol. The summed E-state index contributed by atoms with van der Waals surface area (Å²) >= 11 is 6.20. The highest BCUT2D eigenvalue weighted by Gasteiger charge is 2.42. The first-order chi connectivity index (χ1) is 12.7. The molecule has 0 unspecified atom stereocenters. The smallest absolute Gasteiger partial charge is 0.197 e. The summed E-state index contributed by atoms with van der Waals surface area (Å²) in [7, 11) is 3.23. The number of ether oxygens (including phenoxy) is 2. The number of halogens is 1. The lowest BCUT2D eigenvalue weighted by molar-refractivity contribution is 0.352. The summed E-state index contributed by atoms with van der Waals surface area (Å²) in [6, 6.07) is 5.61. The van der Waals surface area contributed by atoms with E-state index in [9.17, 15) is 0 Å². The molecule has 2 heterocycles. The molecule has 0 spiro atoms. The minimum atomic E-state index is 0.332. The molecule has 3 aromatic rings. The second-order valence-electron chi connectivity index (χ2n) is 6.06. The predicted molar refractivity (Wildman–Crippen MR) is 97.7 cm³/mol. The molecule has 1 aliphatic carbocycles. The van der Waals surface area contributed by atoms with Crippen LogP contribution in [0.25, 0.3) is 11.6 Å². The predicted octanol–water partition coefficient (Wildman–Crippen LogP) is 3.88. The van der Waals surface area contributed by atoms with Crippen molar-refractivity contribution in [2.24, 2.45) is 0 Å². The molecule has 0 amide bonds. The lowest BCUT2D eigenvalue weighted by Crippen LogP contribution is -1.98. The van der Waals surface area contributed by atoms with Gasteiger partial charge in [0.1, 0.15) is 0 Å². The molecular formula is C19H17ClN4O2. The van der Waals surface area contributed by atoms with Crippen LogP contribution in [0.1, 0.15) is 29.4 Å². The number of hydrogen-bond acceptors (Lipinski definition) is 6. The van der Waals surface area contributed by atoms with E-state index in [-0.39, 0.29) is 0 Å². The van der Waals surface area contributed by atoms with Gasteiger partial charge in [-0.1, -0.05) is 17.7 Å². The van der Waals surface area contributed by atoms with Crippen LogP contribution in [-0.2, 0) is 0 Å². The molecule has 2 aromatic heterocycles. The van der Waals surface area contributed by atoms with Gasteiger partial charge >= 0.3 is 0 Å². The van der Waals surface area contributed by atoms with E-state index >= 15 is 0 Å². The molecule has 0 N–H and O–H groups in total. The highest BCUT2D eigenvalue weighted by molar-refractivity contribution is 6.32. The van der Waals surface area contributed by atoms with Crippen molar-refractivity contribution in [3.05, 3.63) is 59.1 Å². The maximum absolute atomic E-state index is 6.20. The lowest BCUT2D eigenvalue weighted by Gasteiger charge is -2.14. The molecule has 6 nitrogen and oxygen atoms in total. The number of rotatable bonds is 5. The van der Waals surface area contributed by atoms with Crippen molar-refractivity contribution in [2.45, 2.75) is 18.3 Å². The molecule has 1 saturated carbocycles. The number of aromatic nitrogens is 4. The molecule has 0 bridgehead atoms. The molecule has 0 saturated heterocycles. The molecule has 7 heteroatoms. The van der Waals surface area contributed by atoms with Crippen LogP contribution in [0.2, 0.25) is 5.02 Å². The third-order valence-electron chi connectivity index (χ3n) is 4.56. The van der Waals surface area contributed by atoms with Crippen LogP contribution in [0.5, 0.6) is 11.5 Å². The normalized spacial score (nSPS) is 18.4. The molecule has 4 rings (SSSR count). The van der Waals surface area contributed by atoms with Crippen molar-refractivity contribution in [3.8, 4) is 23.1 Å². The standard InChI is InChI=1S/C19H17ClN4O2/c1-25-16-12(4-5-15(20)17(16)26-2)14-8-13(14)11-9-23-19(24-10-11)18-21-6-3-7-22-18/h3-7,9-10,13-14H,8H2,1-2H3/t13-,14+/m0/s1. The zero-order valence-corrected chi connectivity index (χ0v) is 15.1. The Hall–Kier alpha value is -2.73. The first-order valence-corrected chi connectivity index (χ1v) is 8.60. The van der Waals surface area contributed by atoms with Gasteiger partial charge in [-0.05, 0) is 36.0 Å². The Morgan fingerprint density at radius 2 is 1.54 bits per heavy atom. The van der Waals surface area contributed by atoms with Gasteiger partial charge in [-0.15, -0.1) is 0 Å². The lowest BCUT2D eigenvalue weighted by atomic mass is 10.0. The minimum Gasteiger partial charge on any atom is -0.493 e. The quantitative estimate of drug-likeness (QED) is 0.680. The van der Waals surface area contributed by atoms with E-state index in [1.54, 1.807) is 32.7 Å². The first kappa shape index (κ1) is 16.7. The molecule has 26 heavy (non-hydrogen) atoms. The Bertz CT molecular complexity index is 919. The zero-order valence-electron chi connectivity index (χ0n) is 14.4. The van der Waals surface area contributed by atoms with E-state index in [0.29, 0.717) is 40.0 Å². The number of nitrogens with zero attached hydrogens (tertiary/aromatic N) is 4. The van der Waals surface area contributed by atoms with Gasteiger partial charge < -0.3 is 9.47 Å². The fourth-order valence-corrected chi connectivity index (χ4v) is 3.44. The second-order valence-corrected chi connectivity index (χ2v) is 6.47. The second kappa shape index (κ2) is 6.88. The number of benzene rings is 1. The van der Waals surface area contributed by atoms with E-state index in [2.05, 4.69) is 19.9 Å². The largest absolute Gasteiger partial charge is 0.493 e. The summed E-state index contributed by atoms with van der Waals surface area (Å²) in [6.07, 6.45) is 8.06. The monoisotopic (exact) mass is 368 g/mol. The average Bonchev–Trinajstić information content (AvgIpc) is 3.49. The Balaban J connectivity index is 1.58. The molecule has 1 aromatic carbocycles. The van der Waals surface area contributed by atoms with Gasteiger partial charge in [0.2, 0.25) is 0 Å². The van der Waals surface area contributed by atoms with E-state index in [1.165, 1.54) is 0 Å². The molecule has 1 aliphatic rings. The van der Waals surface area contributed by atoms with Crippen LogP contribution in [0.15, 0.2) is 43.0 Å². The minimum absolute atomic E-state index is 0.332. The van der Waals surface area contributed by atoms with Gasteiger partial charge in [-0.3, -0.25) is 0 Å². The van der Waals surface area contributed by atoms with Crippen molar-refractivity contribution in [1.29, 1.82) is 0 Å². The summed E-state index contributed by atoms with van der Waals surface area (Å²) in [5, 5.41) is 0.542. The Morgan fingerprint density at radius 1 is 0.885 bits per heavy atom. The Labute approximate surface area is 156 Å². The summed E-state index contributed by atoms with van der Waals surface area (Å²) in [5.74, 6) is 3.00. The Morgan fingerprint density at radius 3 is 2.19 bits per heavy atom. The summed E-state index contributed by atoms with van der Waals surface area (Å²) in [6.45, 7) is 0. The topological polar surface area (TPSA) is 70.0 Å². The van der Waals surface area contributed by atoms with Crippen molar-refractivity contribution < 1.29 is 9.47 Å². The summed E-state index contributed by atoms with van der Waals surface area (Å²) < 4.78 is 10.9. The third kappa shape index (κ3) is 2.97. The SMILES string of the molecule is COc1c(Cl)ccc([C@H]2C[C@H]2c2cnc(-c3ncccn3)nc2)c1OC. The third-order valence-corrected chi connectivity index (χ3v) is 4.86. The first-order valence-electron chi connectivity index (χ1n) is 8.22. The average molecular weight is 369 g/mol. The summed E-state index contributed by atoms with van der Waals surface area (Å²) in [5.41, 5.74) is 2.18. The van der Waals surface area contributed by atoms with E-state index in [4.69, 9.17) is 21.1 Å². The highest BCUT2D eigenvalue weighted by atomic mass is 35.5. The van der Waals surface area contributed by atoms with Crippen LogP contribution >= 0.6 is 11.6 Å². The molecule has 1 fully saturated rings. The van der Waals surface area contributed by atoms with Gasteiger partial charge in [0.15, 0.2) is 23.1 Å². The summed E-state index contributed by atoms with van der Waals surface area (Å²) in [4.78, 5) is 17.2. The molecule has 2 atom stereocenters. The number of hydrogen-bond donors (Lipinski definition) is 0. The fraction of sp³-hybridized carbons (Fsp3) is 0.263. The van der Waals surface area contributed by atoms with Crippen molar-refractivity contribution >= 4 is 11.6 Å². The van der Waals surface area contributed by atoms with Gasteiger partial charge in [-0.25, -0.2) is 19.9 Å². The van der Waals surface area contributed by atoms with Crippen LogP contribution in [0, 0.1) is 0 Å². The van der Waals surface area contributed by atoms with E-state index < -0.39 is 0 Å². The maximum atomic E-state index is 6.20. The van der Waals surface area contributed by atoms with Crippen LogP contribution in [0.4, 0.5) is 0 Å². The Kier molecular flexibility index (Phi) is 4.42. The van der Waals surface area contributed by atoms with Crippen LogP contribution < -0.4 is 9.47 Å². The van der Waals surface area contributed by atoms with Crippen molar-refractivity contribution in [2.75, 3.05) is 14.2 Å². The van der Waals surface area contributed by atoms with Gasteiger partial charge in [0.25, 0.3) is 0 Å². The zero-order chi connectivity index (χ0) is 18.1. The van der Waals surface area contributed by atoms with E-state index in [0.717, 1.165) is 17.5 Å². The van der Waals surface area contributed by atoms with Gasteiger partial charge in [0.05, 0.1) is 19.2 Å². The number of methoxy groups -OCH3 is 2. The van der Waals surface area contributed by atoms with Gasteiger partial charge in [0, 0.05) is 30.4 Å². The van der Waals surface area contributed by atoms with Crippen LogP contribution in [0.3, 0.4) is 0 Å². The molecule has 0 aliphatic heterocycles. The highest BCUT2D eigenvalue weighted by Crippen LogP contribution is 2.58. The molecule has 132 valence electrons. The van der Waals surface area contributed by atoms with Crippen molar-refractivity contribution in [1.82, 2.24) is 19.9 Å². The van der Waals surface area contributed by atoms with Gasteiger partial charge in [-0.2, -0.15) is 0 Å².